The van der Waals surface area contributed by atoms with Gasteiger partial charge in [0.1, 0.15) is 18.0 Å². The van der Waals surface area contributed by atoms with E-state index < -0.39 is 42.6 Å². The standard InChI is InChI=1S/C28H36ClNO8/c1-16(2)22(14-23(32)25-27(36-15-35-19(6)31)24(34-7)11-12-30-25)28(33)37-18(5)26(17(3)4)38-21-10-8-9-20(29)13-21/h8-13,16-18,22,26H,14-15H2,1-7H3/t18-,22-,26+/m0/s1. The molecule has 2 aromatic rings. The zero-order chi connectivity index (χ0) is 28.4. The second-order valence-electron chi connectivity index (χ2n) is 9.49. The van der Waals surface area contributed by atoms with Crippen LogP contribution < -0.4 is 14.2 Å². The van der Waals surface area contributed by atoms with E-state index in [0.29, 0.717) is 10.8 Å². The summed E-state index contributed by atoms with van der Waals surface area (Å²) >= 11 is 6.08. The van der Waals surface area contributed by atoms with E-state index in [1.807, 2.05) is 27.7 Å². The van der Waals surface area contributed by atoms with Crippen molar-refractivity contribution in [1.29, 1.82) is 0 Å². The summed E-state index contributed by atoms with van der Waals surface area (Å²) in [5, 5.41) is 0.537. The first-order valence-corrected chi connectivity index (χ1v) is 12.8. The molecule has 1 aromatic heterocycles. The smallest absolute Gasteiger partial charge is 0.310 e. The molecule has 0 fully saturated rings. The topological polar surface area (TPSA) is 110 Å². The number of hydrogen-bond acceptors (Lipinski definition) is 9. The Balaban J connectivity index is 2.19. The molecule has 0 aliphatic carbocycles. The maximum atomic E-state index is 13.3. The molecule has 0 spiro atoms. The molecule has 9 nitrogen and oxygen atoms in total. The number of esters is 2. The summed E-state index contributed by atoms with van der Waals surface area (Å²) in [6, 6.07) is 8.53. The van der Waals surface area contributed by atoms with Crippen molar-refractivity contribution in [2.45, 2.75) is 60.2 Å². The molecule has 208 valence electrons. The number of ketones is 1. The second kappa shape index (κ2) is 14.6. The van der Waals surface area contributed by atoms with Crippen LogP contribution in [-0.4, -0.2) is 48.8 Å². The number of halogens is 1. The Hall–Kier alpha value is -3.33. The summed E-state index contributed by atoms with van der Waals surface area (Å²) in [7, 11) is 1.41. The minimum atomic E-state index is -0.752. The monoisotopic (exact) mass is 549 g/mol. The lowest BCUT2D eigenvalue weighted by atomic mass is 9.89. The van der Waals surface area contributed by atoms with E-state index in [1.54, 1.807) is 31.2 Å². The van der Waals surface area contributed by atoms with Gasteiger partial charge >= 0.3 is 11.9 Å². The predicted octanol–water partition coefficient (Wildman–Crippen LogP) is 5.52. The van der Waals surface area contributed by atoms with Gasteiger partial charge in [0.25, 0.3) is 0 Å². The molecule has 0 unspecified atom stereocenters. The number of benzene rings is 1. The minimum Gasteiger partial charge on any atom is -0.493 e. The van der Waals surface area contributed by atoms with Gasteiger partial charge in [-0.25, -0.2) is 4.98 Å². The molecular weight excluding hydrogens is 514 g/mol. The summed E-state index contributed by atoms with van der Waals surface area (Å²) in [5.74, 6) is -1.61. The van der Waals surface area contributed by atoms with Crippen LogP contribution >= 0.6 is 11.6 Å². The van der Waals surface area contributed by atoms with Crippen LogP contribution in [0.5, 0.6) is 17.2 Å². The van der Waals surface area contributed by atoms with Crippen molar-refractivity contribution in [2.24, 2.45) is 17.8 Å². The van der Waals surface area contributed by atoms with Crippen molar-refractivity contribution in [3.63, 3.8) is 0 Å². The lowest BCUT2D eigenvalue weighted by molar-refractivity contribution is -0.160. The molecular formula is C28H36ClNO8. The average molecular weight is 550 g/mol. The van der Waals surface area contributed by atoms with Crippen molar-refractivity contribution in [3.8, 4) is 17.2 Å². The first-order valence-electron chi connectivity index (χ1n) is 12.4. The average Bonchev–Trinajstić information content (AvgIpc) is 2.84. The zero-order valence-electron chi connectivity index (χ0n) is 22.9. The fourth-order valence-corrected chi connectivity index (χ4v) is 3.98. The minimum absolute atomic E-state index is 0.0221. The molecule has 1 aromatic carbocycles. The molecule has 0 aliphatic heterocycles. The highest BCUT2D eigenvalue weighted by Crippen LogP contribution is 2.32. The van der Waals surface area contributed by atoms with Gasteiger partial charge in [0.2, 0.25) is 6.79 Å². The molecule has 2 rings (SSSR count). The number of rotatable bonds is 14. The van der Waals surface area contributed by atoms with Gasteiger partial charge in [-0.1, -0.05) is 45.4 Å². The van der Waals surface area contributed by atoms with Crippen LogP contribution in [0.3, 0.4) is 0 Å². The largest absolute Gasteiger partial charge is 0.493 e. The summed E-state index contributed by atoms with van der Waals surface area (Å²) in [4.78, 5) is 41.8. The highest BCUT2D eigenvalue weighted by Gasteiger charge is 2.33. The van der Waals surface area contributed by atoms with Gasteiger partial charge in [-0.05, 0) is 37.0 Å². The van der Waals surface area contributed by atoms with Gasteiger partial charge in [0, 0.05) is 30.6 Å². The van der Waals surface area contributed by atoms with E-state index in [0.717, 1.165) is 0 Å². The predicted molar refractivity (Wildman–Crippen MR) is 142 cm³/mol. The summed E-state index contributed by atoms with van der Waals surface area (Å²) in [5.41, 5.74) is -0.0349. The van der Waals surface area contributed by atoms with Crippen molar-refractivity contribution >= 4 is 29.3 Å². The fraction of sp³-hybridized carbons (Fsp3) is 0.500. The molecule has 0 bridgehead atoms. The maximum Gasteiger partial charge on any atom is 0.310 e. The molecule has 0 amide bonds. The van der Waals surface area contributed by atoms with Gasteiger partial charge in [0.15, 0.2) is 23.0 Å². The van der Waals surface area contributed by atoms with Gasteiger partial charge in [-0.3, -0.25) is 14.4 Å². The Morgan fingerprint density at radius 2 is 1.74 bits per heavy atom. The lowest BCUT2D eigenvalue weighted by Crippen LogP contribution is -2.39. The summed E-state index contributed by atoms with van der Waals surface area (Å²) in [6.07, 6.45) is 0.183. The Labute approximate surface area is 228 Å². The first kappa shape index (κ1) is 30.9. The second-order valence-corrected chi connectivity index (χ2v) is 9.93. The molecule has 3 atom stereocenters. The third-order valence-corrected chi connectivity index (χ3v) is 6.06. The molecule has 0 saturated heterocycles. The highest BCUT2D eigenvalue weighted by atomic mass is 35.5. The first-order chi connectivity index (χ1) is 17.9. The Bertz CT molecular complexity index is 1100. The van der Waals surface area contributed by atoms with Crippen molar-refractivity contribution in [1.82, 2.24) is 4.98 Å². The fourth-order valence-electron chi connectivity index (χ4n) is 3.80. The van der Waals surface area contributed by atoms with E-state index in [1.165, 1.54) is 26.3 Å². The maximum absolute atomic E-state index is 13.3. The number of aromatic nitrogens is 1. The van der Waals surface area contributed by atoms with Crippen LogP contribution in [0.2, 0.25) is 5.02 Å². The molecule has 38 heavy (non-hydrogen) atoms. The van der Waals surface area contributed by atoms with E-state index in [2.05, 4.69) is 4.98 Å². The molecule has 0 N–H and O–H groups in total. The Morgan fingerprint density at radius 3 is 2.32 bits per heavy atom. The zero-order valence-corrected chi connectivity index (χ0v) is 23.6. The van der Waals surface area contributed by atoms with Crippen LogP contribution in [0.25, 0.3) is 0 Å². The van der Waals surface area contributed by atoms with E-state index in [-0.39, 0.29) is 35.4 Å². The number of hydrogen-bond donors (Lipinski definition) is 0. The van der Waals surface area contributed by atoms with Gasteiger partial charge in [0.05, 0.1) is 13.0 Å². The normalized spacial score (nSPS) is 13.4. The van der Waals surface area contributed by atoms with Crippen LogP contribution in [0.1, 0.15) is 58.5 Å². The molecule has 0 aliphatic rings. The van der Waals surface area contributed by atoms with Crippen molar-refractivity contribution < 1.29 is 38.1 Å². The molecule has 0 saturated carbocycles. The molecule has 10 heteroatoms. The quantitative estimate of drug-likeness (QED) is 0.171. The number of nitrogens with zero attached hydrogens (tertiary/aromatic N) is 1. The Morgan fingerprint density at radius 1 is 1.03 bits per heavy atom. The van der Waals surface area contributed by atoms with Gasteiger partial charge in [-0.15, -0.1) is 0 Å². The number of pyridine rings is 1. The van der Waals surface area contributed by atoms with Gasteiger partial charge < -0.3 is 23.7 Å². The molecule has 1 heterocycles. The van der Waals surface area contributed by atoms with Crippen LogP contribution in [0.15, 0.2) is 36.5 Å². The Kier molecular flexibility index (Phi) is 11.8. The number of Topliss-reactive ketones (excluding diaryl/α,β-unsaturated/α-hetero) is 1. The number of carbonyl (C=O) groups excluding carboxylic acids is 3. The highest BCUT2D eigenvalue weighted by molar-refractivity contribution is 6.30. The number of methoxy groups -OCH3 is 1. The SMILES string of the molecule is COc1ccnc(C(=O)C[C@H](C(=O)O[C@@H](C)[C@H](Oc2cccc(Cl)c2)C(C)C)C(C)C)c1OCOC(C)=O. The summed E-state index contributed by atoms with van der Waals surface area (Å²) in [6.45, 7) is 10.2. The third kappa shape index (κ3) is 8.90. The lowest BCUT2D eigenvalue weighted by Gasteiger charge is -2.30. The molecule has 0 radical (unpaired) electrons. The van der Waals surface area contributed by atoms with Crippen LogP contribution in [-0.2, 0) is 19.1 Å². The van der Waals surface area contributed by atoms with Crippen LogP contribution in [0, 0.1) is 17.8 Å². The van der Waals surface area contributed by atoms with Crippen molar-refractivity contribution in [2.75, 3.05) is 13.9 Å². The third-order valence-electron chi connectivity index (χ3n) is 5.82. The summed E-state index contributed by atoms with van der Waals surface area (Å²) < 4.78 is 27.5. The van der Waals surface area contributed by atoms with Crippen molar-refractivity contribution in [3.05, 3.63) is 47.2 Å². The van der Waals surface area contributed by atoms with Gasteiger partial charge in [-0.2, -0.15) is 0 Å². The number of carbonyl (C=O) groups is 3. The number of ether oxygens (including phenoxy) is 5. The van der Waals surface area contributed by atoms with E-state index in [4.69, 9.17) is 35.3 Å². The van der Waals surface area contributed by atoms with E-state index >= 15 is 0 Å². The van der Waals surface area contributed by atoms with E-state index in [9.17, 15) is 14.4 Å². The van der Waals surface area contributed by atoms with Crippen LogP contribution in [0.4, 0.5) is 0 Å².